The van der Waals surface area contributed by atoms with Gasteiger partial charge in [0, 0.05) is 6.54 Å². The van der Waals surface area contributed by atoms with Crippen LogP contribution in [0.25, 0.3) is 0 Å². The van der Waals surface area contributed by atoms with Crippen molar-refractivity contribution in [2.45, 2.75) is 32.0 Å². The molecule has 1 aromatic rings. The zero-order valence-corrected chi connectivity index (χ0v) is 12.9. The average Bonchev–Trinajstić information content (AvgIpc) is 3.01. The first-order valence-electron chi connectivity index (χ1n) is 6.90. The molecule has 0 aliphatic carbocycles. The molecule has 1 aliphatic rings. The normalized spacial score (nSPS) is 23.7. The molecule has 0 bridgehead atoms. The molecule has 21 heavy (non-hydrogen) atoms. The summed E-state index contributed by atoms with van der Waals surface area (Å²) in [6.07, 6.45) is -0.356. The average molecular weight is 312 g/mol. The van der Waals surface area contributed by atoms with Gasteiger partial charge in [0.05, 0.1) is 30.2 Å². The van der Waals surface area contributed by atoms with E-state index in [1.165, 1.54) is 11.3 Å². The van der Waals surface area contributed by atoms with E-state index in [9.17, 15) is 9.59 Å². The number of aliphatic hydroxyl groups excluding tert-OH is 1. The molecule has 1 aromatic heterocycles. The number of nitrogens with zero attached hydrogens (tertiary/aromatic N) is 1. The van der Waals surface area contributed by atoms with Crippen molar-refractivity contribution in [1.82, 2.24) is 10.2 Å². The van der Waals surface area contributed by atoms with Crippen molar-refractivity contribution in [3.8, 4) is 0 Å². The number of ether oxygens (including phenoxy) is 1. The number of hydrogen-bond donors (Lipinski definition) is 2. The third-order valence-corrected chi connectivity index (χ3v) is 4.32. The highest BCUT2D eigenvalue weighted by Crippen LogP contribution is 2.14. The van der Waals surface area contributed by atoms with Crippen molar-refractivity contribution in [3.05, 3.63) is 22.4 Å². The van der Waals surface area contributed by atoms with Crippen molar-refractivity contribution < 1.29 is 19.4 Å². The van der Waals surface area contributed by atoms with Crippen LogP contribution in [0.5, 0.6) is 0 Å². The standard InChI is InChI=1S/C14H20N2O4S/c1-9-8-20-11(7-17)6-16(9)14(19)10(2)15-13(18)12-4-3-5-21-12/h3-5,9-11,17H,6-8H2,1-2H3,(H,15,18). The predicted octanol–water partition coefficient (Wildman–Crippen LogP) is 0.475. The largest absolute Gasteiger partial charge is 0.394 e. The van der Waals surface area contributed by atoms with Crippen molar-refractivity contribution in [2.75, 3.05) is 19.8 Å². The number of rotatable bonds is 4. The van der Waals surface area contributed by atoms with Gasteiger partial charge in [0.25, 0.3) is 5.91 Å². The lowest BCUT2D eigenvalue weighted by atomic mass is 10.1. The molecule has 0 radical (unpaired) electrons. The summed E-state index contributed by atoms with van der Waals surface area (Å²) in [5, 5.41) is 13.7. The van der Waals surface area contributed by atoms with Gasteiger partial charge in [-0.3, -0.25) is 9.59 Å². The van der Waals surface area contributed by atoms with Gasteiger partial charge >= 0.3 is 0 Å². The number of carbonyl (C=O) groups is 2. The molecule has 2 rings (SSSR count). The highest BCUT2D eigenvalue weighted by Gasteiger charge is 2.32. The van der Waals surface area contributed by atoms with Crippen LogP contribution in [0.15, 0.2) is 17.5 Å². The lowest BCUT2D eigenvalue weighted by molar-refractivity contribution is -0.147. The Bertz CT molecular complexity index is 491. The Labute approximate surface area is 127 Å². The van der Waals surface area contributed by atoms with Crippen molar-refractivity contribution >= 4 is 23.2 Å². The van der Waals surface area contributed by atoms with Crippen LogP contribution in [0.2, 0.25) is 0 Å². The molecule has 0 spiro atoms. The molecule has 2 heterocycles. The summed E-state index contributed by atoms with van der Waals surface area (Å²) in [5.41, 5.74) is 0. The van der Waals surface area contributed by atoms with Gasteiger partial charge in [0.1, 0.15) is 6.04 Å². The number of aliphatic hydroxyl groups is 1. The highest BCUT2D eigenvalue weighted by atomic mass is 32.1. The van der Waals surface area contributed by atoms with Crippen molar-refractivity contribution in [3.63, 3.8) is 0 Å². The molecule has 0 aromatic carbocycles. The maximum Gasteiger partial charge on any atom is 0.261 e. The summed E-state index contributed by atoms with van der Waals surface area (Å²) >= 11 is 1.33. The molecule has 3 atom stereocenters. The van der Waals surface area contributed by atoms with Gasteiger partial charge in [-0.15, -0.1) is 11.3 Å². The maximum absolute atomic E-state index is 12.5. The molecule has 2 N–H and O–H groups in total. The number of amides is 2. The molecule has 1 fully saturated rings. The van der Waals surface area contributed by atoms with E-state index < -0.39 is 6.04 Å². The van der Waals surface area contributed by atoms with Crippen LogP contribution in [-0.4, -0.2) is 59.8 Å². The number of thiophene rings is 1. The van der Waals surface area contributed by atoms with Crippen LogP contribution in [0.3, 0.4) is 0 Å². The van der Waals surface area contributed by atoms with E-state index in [0.717, 1.165) is 0 Å². The first-order valence-corrected chi connectivity index (χ1v) is 7.78. The summed E-state index contributed by atoms with van der Waals surface area (Å²) in [5.74, 6) is -0.403. The van der Waals surface area contributed by atoms with E-state index in [4.69, 9.17) is 9.84 Å². The molecular formula is C14H20N2O4S. The van der Waals surface area contributed by atoms with E-state index in [1.54, 1.807) is 24.0 Å². The summed E-state index contributed by atoms with van der Waals surface area (Å²) < 4.78 is 5.41. The second-order valence-electron chi connectivity index (χ2n) is 5.15. The fraction of sp³-hybridized carbons (Fsp3) is 0.571. The SMILES string of the molecule is CC(NC(=O)c1cccs1)C(=O)N1CC(CO)OCC1C. The monoisotopic (exact) mass is 312 g/mol. The van der Waals surface area contributed by atoms with Crippen LogP contribution in [0, 0.1) is 0 Å². The first kappa shape index (κ1) is 15.9. The topological polar surface area (TPSA) is 78.9 Å². The van der Waals surface area contributed by atoms with Crippen molar-refractivity contribution in [2.24, 2.45) is 0 Å². The quantitative estimate of drug-likeness (QED) is 0.847. The molecule has 1 aliphatic heterocycles. The van der Waals surface area contributed by atoms with Crippen LogP contribution in [0.1, 0.15) is 23.5 Å². The van der Waals surface area contributed by atoms with E-state index in [0.29, 0.717) is 18.0 Å². The molecule has 7 heteroatoms. The Balaban J connectivity index is 1.96. The minimum Gasteiger partial charge on any atom is -0.394 e. The zero-order valence-electron chi connectivity index (χ0n) is 12.1. The van der Waals surface area contributed by atoms with Crippen LogP contribution < -0.4 is 5.32 Å². The van der Waals surface area contributed by atoms with Gasteiger partial charge in [-0.1, -0.05) is 6.07 Å². The minimum absolute atomic E-state index is 0.0682. The smallest absolute Gasteiger partial charge is 0.261 e. The fourth-order valence-corrected chi connectivity index (χ4v) is 2.85. The van der Waals surface area contributed by atoms with E-state index >= 15 is 0 Å². The predicted molar refractivity (Wildman–Crippen MR) is 79.2 cm³/mol. The maximum atomic E-state index is 12.5. The summed E-state index contributed by atoms with van der Waals surface area (Å²) in [4.78, 5) is 26.7. The lowest BCUT2D eigenvalue weighted by Gasteiger charge is -2.38. The van der Waals surface area contributed by atoms with Crippen LogP contribution in [-0.2, 0) is 9.53 Å². The van der Waals surface area contributed by atoms with Gasteiger partial charge in [-0.2, -0.15) is 0 Å². The van der Waals surface area contributed by atoms with E-state index in [2.05, 4.69) is 5.32 Å². The number of nitrogens with one attached hydrogen (secondary N) is 1. The zero-order chi connectivity index (χ0) is 15.4. The van der Waals surface area contributed by atoms with Crippen molar-refractivity contribution in [1.29, 1.82) is 0 Å². The van der Waals surface area contributed by atoms with Gasteiger partial charge in [-0.05, 0) is 25.3 Å². The second-order valence-corrected chi connectivity index (χ2v) is 6.10. The van der Waals surface area contributed by atoms with Crippen LogP contribution >= 0.6 is 11.3 Å². The minimum atomic E-state index is -0.612. The Morgan fingerprint density at radius 3 is 3.00 bits per heavy atom. The van der Waals surface area contributed by atoms with Gasteiger partial charge in [-0.25, -0.2) is 0 Å². The summed E-state index contributed by atoms with van der Waals surface area (Å²) in [6, 6.07) is 2.83. The Hall–Kier alpha value is -1.44. The Kier molecular flexibility index (Phi) is 5.33. The van der Waals surface area contributed by atoms with Gasteiger partial charge < -0.3 is 20.1 Å². The highest BCUT2D eigenvalue weighted by molar-refractivity contribution is 7.12. The summed E-state index contributed by atoms with van der Waals surface area (Å²) in [6.45, 7) is 4.17. The Morgan fingerprint density at radius 1 is 1.62 bits per heavy atom. The third kappa shape index (κ3) is 3.81. The second kappa shape index (κ2) is 7.02. The lowest BCUT2D eigenvalue weighted by Crippen LogP contribution is -2.57. The summed E-state index contributed by atoms with van der Waals surface area (Å²) in [7, 11) is 0. The number of carbonyl (C=O) groups excluding carboxylic acids is 2. The van der Waals surface area contributed by atoms with Gasteiger partial charge in [0.15, 0.2) is 0 Å². The van der Waals surface area contributed by atoms with E-state index in [1.807, 2.05) is 12.3 Å². The third-order valence-electron chi connectivity index (χ3n) is 3.46. The molecule has 3 unspecified atom stereocenters. The molecular weight excluding hydrogens is 292 g/mol. The van der Waals surface area contributed by atoms with Gasteiger partial charge in [0.2, 0.25) is 5.91 Å². The van der Waals surface area contributed by atoms with E-state index in [-0.39, 0.29) is 30.6 Å². The molecule has 116 valence electrons. The number of morpholine rings is 1. The number of hydrogen-bond acceptors (Lipinski definition) is 5. The molecule has 0 saturated carbocycles. The van der Waals surface area contributed by atoms with Crippen LogP contribution in [0.4, 0.5) is 0 Å². The first-order chi connectivity index (χ1) is 10.0. The molecule has 6 nitrogen and oxygen atoms in total. The Morgan fingerprint density at radius 2 is 2.38 bits per heavy atom. The molecule has 1 saturated heterocycles. The molecule has 2 amide bonds. The fourth-order valence-electron chi connectivity index (χ4n) is 2.22.